The fourth-order valence-electron chi connectivity index (χ4n) is 2.61. The largest absolute Gasteiger partial charge is 0.493 e. The lowest BCUT2D eigenvalue weighted by Gasteiger charge is -2.09. The molecule has 1 atom stereocenters. The Labute approximate surface area is 166 Å². The summed E-state index contributed by atoms with van der Waals surface area (Å²) in [6.07, 6.45) is 2.84. The molecule has 3 rings (SSSR count). The van der Waals surface area contributed by atoms with Crippen molar-refractivity contribution >= 4 is 28.9 Å². The van der Waals surface area contributed by atoms with E-state index in [9.17, 15) is 14.4 Å². The van der Waals surface area contributed by atoms with Gasteiger partial charge < -0.3 is 9.47 Å². The van der Waals surface area contributed by atoms with Crippen LogP contribution in [0.15, 0.2) is 42.6 Å². The van der Waals surface area contributed by atoms with Gasteiger partial charge in [-0.05, 0) is 30.2 Å². The molecule has 0 radical (unpaired) electrons. The molecule has 146 valence electrons. The second-order valence-corrected chi connectivity index (χ2v) is 7.44. The van der Waals surface area contributed by atoms with Gasteiger partial charge in [0.1, 0.15) is 12.4 Å². The quantitative estimate of drug-likeness (QED) is 0.681. The number of pyridine rings is 1. The van der Waals surface area contributed by atoms with Crippen LogP contribution in [0.1, 0.15) is 23.7 Å². The molecule has 1 fully saturated rings. The molecule has 0 bridgehead atoms. The first-order valence-electron chi connectivity index (χ1n) is 8.80. The topological polar surface area (TPSA) is 94.6 Å². The third kappa shape index (κ3) is 5.82. The Hall–Kier alpha value is -2.87. The average Bonchev–Trinajstić information content (AvgIpc) is 2.99. The number of thioether (sulfide) groups is 1. The molecule has 8 heteroatoms. The average molecular weight is 400 g/mol. The van der Waals surface area contributed by atoms with Crippen LogP contribution in [0.5, 0.6) is 5.75 Å². The number of ether oxygens (including phenoxy) is 2. The number of benzene rings is 1. The number of hydrogen-bond acceptors (Lipinski definition) is 7. The summed E-state index contributed by atoms with van der Waals surface area (Å²) in [6.45, 7) is 2.07. The third-order valence-corrected chi connectivity index (χ3v) is 5.05. The van der Waals surface area contributed by atoms with E-state index in [-0.39, 0.29) is 29.0 Å². The molecule has 1 aromatic carbocycles. The minimum Gasteiger partial charge on any atom is -0.493 e. The maximum atomic E-state index is 11.6. The molecule has 1 N–H and O–H groups in total. The summed E-state index contributed by atoms with van der Waals surface area (Å²) in [4.78, 5) is 38.0. The number of esters is 1. The van der Waals surface area contributed by atoms with Crippen molar-refractivity contribution in [2.24, 2.45) is 0 Å². The zero-order valence-corrected chi connectivity index (χ0v) is 16.2. The van der Waals surface area contributed by atoms with Crippen LogP contribution in [0, 0.1) is 0 Å². The predicted octanol–water partition coefficient (Wildman–Crippen LogP) is 2.66. The zero-order valence-electron chi connectivity index (χ0n) is 15.3. The van der Waals surface area contributed by atoms with Crippen LogP contribution < -0.4 is 10.1 Å². The molecule has 2 aromatic rings. The van der Waals surface area contributed by atoms with E-state index in [0.717, 1.165) is 34.3 Å². The van der Waals surface area contributed by atoms with Crippen LogP contribution in [0.25, 0.3) is 0 Å². The minimum atomic E-state index is -0.367. The summed E-state index contributed by atoms with van der Waals surface area (Å²) in [6, 6.07) is 11.3. The van der Waals surface area contributed by atoms with E-state index in [1.807, 2.05) is 36.4 Å². The number of amides is 2. The van der Waals surface area contributed by atoms with E-state index in [2.05, 4.69) is 10.3 Å². The van der Waals surface area contributed by atoms with Gasteiger partial charge in [-0.25, -0.2) is 0 Å². The Morgan fingerprint density at radius 2 is 1.89 bits per heavy atom. The summed E-state index contributed by atoms with van der Waals surface area (Å²) >= 11 is 1.03. The van der Waals surface area contributed by atoms with Crippen molar-refractivity contribution < 1.29 is 23.9 Å². The zero-order chi connectivity index (χ0) is 19.9. The Balaban J connectivity index is 1.43. The molecule has 1 saturated heterocycles. The molecule has 1 aromatic heterocycles. The lowest BCUT2D eigenvalue weighted by molar-refractivity contribution is -0.142. The first kappa shape index (κ1) is 19.9. The highest BCUT2D eigenvalue weighted by atomic mass is 32.2. The number of carbonyl (C=O) groups is 3. The van der Waals surface area contributed by atoms with Gasteiger partial charge in [0.25, 0.3) is 5.24 Å². The number of rotatable bonds is 8. The van der Waals surface area contributed by atoms with Gasteiger partial charge in [0.2, 0.25) is 5.91 Å². The van der Waals surface area contributed by atoms with Crippen molar-refractivity contribution in [1.29, 1.82) is 0 Å². The Kier molecular flexibility index (Phi) is 6.65. The summed E-state index contributed by atoms with van der Waals surface area (Å²) < 4.78 is 10.7. The molecule has 2 heterocycles. The predicted molar refractivity (Wildman–Crippen MR) is 104 cm³/mol. The first-order chi connectivity index (χ1) is 13.5. The summed E-state index contributed by atoms with van der Waals surface area (Å²) in [7, 11) is 0. The molecule has 1 aliphatic rings. The smallest absolute Gasteiger partial charge is 0.302 e. The van der Waals surface area contributed by atoms with Crippen LogP contribution in [0.3, 0.4) is 0 Å². The standard InChI is InChI=1S/C20H20N2O5S/c1-13(23)27-12-15-2-5-16(21-11-15)8-9-26-17-6-3-14(4-7-17)10-18-19(24)22-20(25)28-18/h2-7,11,18H,8-10,12H2,1H3,(H,22,24,25). The molecule has 0 saturated carbocycles. The van der Waals surface area contributed by atoms with Crippen LogP contribution in [0.2, 0.25) is 0 Å². The second kappa shape index (κ2) is 9.36. The van der Waals surface area contributed by atoms with E-state index in [1.54, 1.807) is 6.20 Å². The Morgan fingerprint density at radius 3 is 2.50 bits per heavy atom. The van der Waals surface area contributed by atoms with Crippen molar-refractivity contribution in [3.8, 4) is 5.75 Å². The van der Waals surface area contributed by atoms with Gasteiger partial charge in [0.15, 0.2) is 0 Å². The van der Waals surface area contributed by atoms with Crippen LogP contribution in [0.4, 0.5) is 4.79 Å². The molecule has 28 heavy (non-hydrogen) atoms. The number of imide groups is 1. The number of carbonyl (C=O) groups excluding carboxylic acids is 3. The van der Waals surface area contributed by atoms with Gasteiger partial charge >= 0.3 is 5.97 Å². The van der Waals surface area contributed by atoms with Gasteiger partial charge in [0, 0.05) is 30.8 Å². The maximum Gasteiger partial charge on any atom is 0.302 e. The van der Waals surface area contributed by atoms with Gasteiger partial charge in [-0.2, -0.15) is 0 Å². The van der Waals surface area contributed by atoms with E-state index < -0.39 is 0 Å². The van der Waals surface area contributed by atoms with Crippen molar-refractivity contribution in [3.05, 3.63) is 59.4 Å². The van der Waals surface area contributed by atoms with Crippen molar-refractivity contribution in [2.75, 3.05) is 6.61 Å². The highest BCUT2D eigenvalue weighted by Crippen LogP contribution is 2.23. The van der Waals surface area contributed by atoms with Crippen molar-refractivity contribution in [3.63, 3.8) is 0 Å². The van der Waals surface area contributed by atoms with E-state index in [4.69, 9.17) is 9.47 Å². The molecule has 1 unspecified atom stereocenters. The molecule has 7 nitrogen and oxygen atoms in total. The lowest BCUT2D eigenvalue weighted by Crippen LogP contribution is -2.25. The summed E-state index contributed by atoms with van der Waals surface area (Å²) in [5.74, 6) is 0.179. The van der Waals surface area contributed by atoms with Gasteiger partial charge in [-0.15, -0.1) is 0 Å². The third-order valence-electron chi connectivity index (χ3n) is 4.07. The van der Waals surface area contributed by atoms with Crippen molar-refractivity contribution in [1.82, 2.24) is 10.3 Å². The number of nitrogens with zero attached hydrogens (tertiary/aromatic N) is 1. The van der Waals surface area contributed by atoms with E-state index >= 15 is 0 Å². The summed E-state index contributed by atoms with van der Waals surface area (Å²) in [5, 5.41) is 1.63. The Morgan fingerprint density at radius 1 is 1.14 bits per heavy atom. The van der Waals surface area contributed by atoms with Crippen LogP contribution >= 0.6 is 11.8 Å². The van der Waals surface area contributed by atoms with Crippen molar-refractivity contribution in [2.45, 2.75) is 31.6 Å². The highest BCUT2D eigenvalue weighted by molar-refractivity contribution is 8.15. The lowest BCUT2D eigenvalue weighted by atomic mass is 10.1. The molecule has 2 amide bonds. The minimum absolute atomic E-state index is 0.223. The molecule has 0 spiro atoms. The van der Waals surface area contributed by atoms with Crippen LogP contribution in [-0.4, -0.2) is 34.0 Å². The van der Waals surface area contributed by atoms with Gasteiger partial charge in [0.05, 0.1) is 11.9 Å². The van der Waals surface area contributed by atoms with E-state index in [0.29, 0.717) is 19.4 Å². The van der Waals surface area contributed by atoms with Gasteiger partial charge in [-0.1, -0.05) is 30.0 Å². The van der Waals surface area contributed by atoms with Gasteiger partial charge in [-0.3, -0.25) is 24.7 Å². The highest BCUT2D eigenvalue weighted by Gasteiger charge is 2.31. The number of hydrogen-bond donors (Lipinski definition) is 1. The monoisotopic (exact) mass is 400 g/mol. The molecule has 1 aliphatic heterocycles. The molecular weight excluding hydrogens is 380 g/mol. The number of aromatic nitrogens is 1. The van der Waals surface area contributed by atoms with E-state index in [1.165, 1.54) is 6.92 Å². The maximum absolute atomic E-state index is 11.6. The number of nitrogens with one attached hydrogen (secondary N) is 1. The normalized spacial score (nSPS) is 16.0. The second-order valence-electron chi connectivity index (χ2n) is 6.27. The van der Waals surface area contributed by atoms with Crippen LogP contribution in [-0.2, 0) is 33.8 Å². The fourth-order valence-corrected chi connectivity index (χ4v) is 3.47. The Bertz CT molecular complexity index is 852. The SMILES string of the molecule is CC(=O)OCc1ccc(CCOc2ccc(CC3SC(=O)NC3=O)cc2)nc1. The first-order valence-corrected chi connectivity index (χ1v) is 9.68. The molecular formula is C20H20N2O5S. The molecule has 0 aliphatic carbocycles. The summed E-state index contributed by atoms with van der Waals surface area (Å²) in [5.41, 5.74) is 2.70. The fraction of sp³-hybridized carbons (Fsp3) is 0.300.